The van der Waals surface area contributed by atoms with Crippen molar-refractivity contribution >= 4 is 0 Å². The van der Waals surface area contributed by atoms with Crippen LogP contribution in [-0.2, 0) is 6.18 Å². The van der Waals surface area contributed by atoms with Gasteiger partial charge in [0.1, 0.15) is 6.07 Å². The number of nitrogens with zero attached hydrogens (tertiary/aromatic N) is 2. The number of pyridine rings is 1. The molecule has 0 unspecified atom stereocenters. The van der Waals surface area contributed by atoms with Crippen molar-refractivity contribution in [1.82, 2.24) is 4.98 Å². The highest BCUT2D eigenvalue weighted by Crippen LogP contribution is 2.32. The van der Waals surface area contributed by atoms with Crippen LogP contribution in [0.2, 0.25) is 0 Å². The maximum atomic E-state index is 12.6. The van der Waals surface area contributed by atoms with Crippen molar-refractivity contribution in [1.29, 1.82) is 5.26 Å². The predicted octanol–water partition coefficient (Wildman–Crippen LogP) is 3.64. The van der Waals surface area contributed by atoms with Crippen LogP contribution < -0.4 is 0 Å². The van der Waals surface area contributed by atoms with Crippen LogP contribution in [0.25, 0.3) is 11.1 Å². The number of hydrogen-bond donors (Lipinski definition) is 0. The number of nitriles is 1. The second-order valence-corrected chi connectivity index (χ2v) is 3.61. The smallest absolute Gasteiger partial charge is 0.263 e. The minimum absolute atomic E-state index is 0.247. The molecule has 2 nitrogen and oxygen atoms in total. The highest BCUT2D eigenvalue weighted by molar-refractivity contribution is 5.70. The van der Waals surface area contributed by atoms with Gasteiger partial charge in [-0.15, -0.1) is 0 Å². The van der Waals surface area contributed by atoms with Crippen LogP contribution in [0.5, 0.6) is 0 Å². The first kappa shape index (κ1) is 12.1. The molecule has 0 aliphatic carbocycles. The summed E-state index contributed by atoms with van der Waals surface area (Å²) in [6.45, 7) is 0. The predicted molar refractivity (Wildman–Crippen MR) is 59.4 cm³/mol. The number of aromatic nitrogens is 1. The number of halogens is 3. The van der Waals surface area contributed by atoms with Gasteiger partial charge in [-0.1, -0.05) is 12.1 Å². The van der Waals surface area contributed by atoms with Crippen molar-refractivity contribution in [3.8, 4) is 17.2 Å². The van der Waals surface area contributed by atoms with Crippen molar-refractivity contribution in [2.45, 2.75) is 6.18 Å². The van der Waals surface area contributed by atoms with Gasteiger partial charge < -0.3 is 0 Å². The molecule has 0 saturated carbocycles. The fourth-order valence-electron chi connectivity index (χ4n) is 1.60. The van der Waals surface area contributed by atoms with Crippen molar-refractivity contribution in [2.24, 2.45) is 0 Å². The Hall–Kier alpha value is -2.35. The lowest BCUT2D eigenvalue weighted by Gasteiger charge is -2.09. The van der Waals surface area contributed by atoms with E-state index in [9.17, 15) is 13.2 Å². The van der Waals surface area contributed by atoms with Crippen LogP contribution >= 0.6 is 0 Å². The third kappa shape index (κ3) is 2.33. The molecule has 0 spiro atoms. The zero-order valence-electron chi connectivity index (χ0n) is 9.07. The maximum Gasteiger partial charge on any atom is 0.416 e. The maximum absolute atomic E-state index is 12.6. The lowest BCUT2D eigenvalue weighted by molar-refractivity contribution is -0.137. The number of alkyl halides is 3. The van der Waals surface area contributed by atoms with E-state index >= 15 is 0 Å². The Morgan fingerprint density at radius 3 is 2.61 bits per heavy atom. The van der Waals surface area contributed by atoms with E-state index in [0.29, 0.717) is 11.1 Å². The summed E-state index contributed by atoms with van der Waals surface area (Å²) in [6.07, 6.45) is -1.62. The van der Waals surface area contributed by atoms with Crippen molar-refractivity contribution in [3.63, 3.8) is 0 Å². The Kier molecular flexibility index (Phi) is 3.02. The SMILES string of the molecule is N#Cc1cnccc1-c1cccc(C(F)(F)F)c1. The highest BCUT2D eigenvalue weighted by Gasteiger charge is 2.30. The zero-order chi connectivity index (χ0) is 13.2. The first-order valence-electron chi connectivity index (χ1n) is 5.04. The third-order valence-electron chi connectivity index (χ3n) is 2.44. The Balaban J connectivity index is 2.56. The van der Waals surface area contributed by atoms with Gasteiger partial charge in [-0.25, -0.2) is 0 Å². The molecular weight excluding hydrogens is 241 g/mol. The number of benzene rings is 1. The Morgan fingerprint density at radius 2 is 1.94 bits per heavy atom. The summed E-state index contributed by atoms with van der Waals surface area (Å²) in [5.41, 5.74) is 0.305. The van der Waals surface area contributed by atoms with Gasteiger partial charge in [0, 0.05) is 18.0 Å². The van der Waals surface area contributed by atoms with Gasteiger partial charge in [-0.3, -0.25) is 4.98 Å². The molecule has 18 heavy (non-hydrogen) atoms. The molecule has 1 aromatic carbocycles. The van der Waals surface area contributed by atoms with E-state index in [0.717, 1.165) is 12.1 Å². The molecule has 2 aromatic rings. The first-order chi connectivity index (χ1) is 8.52. The number of rotatable bonds is 1. The van der Waals surface area contributed by atoms with E-state index in [1.807, 2.05) is 6.07 Å². The van der Waals surface area contributed by atoms with Crippen molar-refractivity contribution < 1.29 is 13.2 Å². The summed E-state index contributed by atoms with van der Waals surface area (Å²) >= 11 is 0. The molecule has 0 N–H and O–H groups in total. The average Bonchev–Trinajstić information content (AvgIpc) is 2.38. The summed E-state index contributed by atoms with van der Waals surface area (Å²) in [5.74, 6) is 0. The van der Waals surface area contributed by atoms with E-state index in [1.54, 1.807) is 0 Å². The van der Waals surface area contributed by atoms with Gasteiger partial charge >= 0.3 is 6.18 Å². The minimum atomic E-state index is -4.39. The van der Waals surface area contributed by atoms with E-state index in [-0.39, 0.29) is 5.56 Å². The fourth-order valence-corrected chi connectivity index (χ4v) is 1.60. The zero-order valence-corrected chi connectivity index (χ0v) is 9.07. The third-order valence-corrected chi connectivity index (χ3v) is 2.44. The van der Waals surface area contributed by atoms with Gasteiger partial charge in [0.25, 0.3) is 0 Å². The Labute approximate surface area is 101 Å². The molecule has 0 radical (unpaired) electrons. The molecule has 0 amide bonds. The van der Waals surface area contributed by atoms with Crippen LogP contribution in [0, 0.1) is 11.3 Å². The molecule has 1 heterocycles. The van der Waals surface area contributed by atoms with Gasteiger partial charge in [-0.05, 0) is 23.8 Å². The molecule has 90 valence electrons. The molecule has 0 atom stereocenters. The quantitative estimate of drug-likeness (QED) is 0.772. The molecule has 0 aliphatic rings. The van der Waals surface area contributed by atoms with Crippen molar-refractivity contribution in [2.75, 3.05) is 0 Å². The lowest BCUT2D eigenvalue weighted by Crippen LogP contribution is -2.04. The first-order valence-corrected chi connectivity index (χ1v) is 5.04. The molecule has 5 heteroatoms. The molecule has 2 rings (SSSR count). The Bertz CT molecular complexity index is 612. The minimum Gasteiger partial charge on any atom is -0.263 e. The van der Waals surface area contributed by atoms with Crippen molar-refractivity contribution in [3.05, 3.63) is 53.9 Å². The van der Waals surface area contributed by atoms with Crippen LogP contribution in [-0.4, -0.2) is 4.98 Å². The van der Waals surface area contributed by atoms with E-state index in [4.69, 9.17) is 5.26 Å². The standard InChI is InChI=1S/C13H7F3N2/c14-13(15,16)11-3-1-2-9(6-11)12-4-5-18-8-10(12)7-17/h1-6,8H. The second kappa shape index (κ2) is 4.49. The number of hydrogen-bond acceptors (Lipinski definition) is 2. The molecule has 0 saturated heterocycles. The van der Waals surface area contributed by atoms with E-state index in [2.05, 4.69) is 4.98 Å². The second-order valence-electron chi connectivity index (χ2n) is 3.61. The average molecular weight is 248 g/mol. The summed E-state index contributed by atoms with van der Waals surface area (Å²) in [4.78, 5) is 3.77. The summed E-state index contributed by atoms with van der Waals surface area (Å²) < 4.78 is 37.8. The van der Waals surface area contributed by atoms with E-state index in [1.165, 1.54) is 30.6 Å². The van der Waals surface area contributed by atoms with Gasteiger partial charge in [0.05, 0.1) is 11.1 Å². The molecule has 0 fully saturated rings. The van der Waals surface area contributed by atoms with Crippen LogP contribution in [0.4, 0.5) is 13.2 Å². The summed E-state index contributed by atoms with van der Waals surface area (Å²) in [5, 5.41) is 8.90. The largest absolute Gasteiger partial charge is 0.416 e. The van der Waals surface area contributed by atoms with Gasteiger partial charge in [-0.2, -0.15) is 18.4 Å². The van der Waals surface area contributed by atoms with Crippen LogP contribution in [0.1, 0.15) is 11.1 Å². The van der Waals surface area contributed by atoms with E-state index < -0.39 is 11.7 Å². The van der Waals surface area contributed by atoms with Gasteiger partial charge in [0.15, 0.2) is 0 Å². The fraction of sp³-hybridized carbons (Fsp3) is 0.0769. The normalized spacial score (nSPS) is 11.0. The van der Waals surface area contributed by atoms with Gasteiger partial charge in [0.2, 0.25) is 0 Å². The summed E-state index contributed by atoms with van der Waals surface area (Å²) in [7, 11) is 0. The molecule has 0 bridgehead atoms. The van der Waals surface area contributed by atoms with Crippen LogP contribution in [0.3, 0.4) is 0 Å². The molecular formula is C13H7F3N2. The Morgan fingerprint density at radius 1 is 1.17 bits per heavy atom. The highest BCUT2D eigenvalue weighted by atomic mass is 19.4. The van der Waals surface area contributed by atoms with Crippen LogP contribution in [0.15, 0.2) is 42.7 Å². The molecule has 1 aromatic heterocycles. The monoisotopic (exact) mass is 248 g/mol. The summed E-state index contributed by atoms with van der Waals surface area (Å²) in [6, 6.07) is 8.30. The molecule has 0 aliphatic heterocycles. The lowest BCUT2D eigenvalue weighted by atomic mass is 10.0. The topological polar surface area (TPSA) is 36.7 Å².